The van der Waals surface area contributed by atoms with Crippen molar-refractivity contribution < 1.29 is 23.7 Å². The summed E-state index contributed by atoms with van der Waals surface area (Å²) in [6.07, 6.45) is 4.87. The molecule has 0 saturated carbocycles. The van der Waals surface area contributed by atoms with E-state index in [0.29, 0.717) is 39.6 Å². The molecule has 1 amide bonds. The number of carbonyl (C=O) groups excluding carboxylic acids is 1. The van der Waals surface area contributed by atoms with Crippen molar-refractivity contribution in [2.75, 3.05) is 120 Å². The Bertz CT molecular complexity index is 526. The minimum absolute atomic E-state index is 0.00728. The van der Waals surface area contributed by atoms with Crippen LogP contribution in [0.5, 0.6) is 0 Å². The van der Waals surface area contributed by atoms with Gasteiger partial charge in [-0.15, -0.1) is 13.2 Å². The van der Waals surface area contributed by atoms with Gasteiger partial charge in [0.2, 0.25) is 5.91 Å². The summed E-state index contributed by atoms with van der Waals surface area (Å²) in [6, 6.07) is 2.57. The van der Waals surface area contributed by atoms with Gasteiger partial charge in [-0.3, -0.25) is 9.69 Å². The molecule has 0 heterocycles. The second kappa shape index (κ2) is 48.0. The van der Waals surface area contributed by atoms with Gasteiger partial charge in [0, 0.05) is 59.7 Å². The molecule has 0 bridgehead atoms. The number of hydrogen-bond donors (Lipinski definition) is 4. The van der Waals surface area contributed by atoms with Gasteiger partial charge >= 0.3 is 0 Å². The first-order valence-electron chi connectivity index (χ1n) is 14.7. The Morgan fingerprint density at radius 1 is 0.756 bits per heavy atom. The highest BCUT2D eigenvalue weighted by Gasteiger charge is 1.93. The van der Waals surface area contributed by atoms with E-state index in [1.165, 1.54) is 6.92 Å². The van der Waals surface area contributed by atoms with E-state index in [0.717, 1.165) is 84.8 Å². The molecule has 12 nitrogen and oxygen atoms in total. The van der Waals surface area contributed by atoms with Crippen LogP contribution in [-0.4, -0.2) is 137 Å². The van der Waals surface area contributed by atoms with Crippen molar-refractivity contribution >= 4 is 11.9 Å². The lowest BCUT2D eigenvalue weighted by atomic mass is 10.4. The predicted molar refractivity (Wildman–Crippen MR) is 172 cm³/mol. The number of nitrogens with two attached hydrogens (primary N) is 1. The van der Waals surface area contributed by atoms with Crippen LogP contribution < -0.4 is 21.7 Å². The van der Waals surface area contributed by atoms with Crippen molar-refractivity contribution in [1.29, 1.82) is 0 Å². The molecule has 0 unspecified atom stereocenters. The largest absolute Gasteiger partial charge is 0.381 e. The van der Waals surface area contributed by atoms with Crippen molar-refractivity contribution in [3.8, 4) is 0 Å². The Kier molecular flexibility index (Phi) is 54.2. The minimum atomic E-state index is 0.00728. The van der Waals surface area contributed by atoms with Gasteiger partial charge in [0.05, 0.1) is 19.2 Å². The summed E-state index contributed by atoms with van der Waals surface area (Å²) in [4.78, 5) is 20.2. The summed E-state index contributed by atoms with van der Waals surface area (Å²) in [7, 11) is 7.79. The van der Waals surface area contributed by atoms with Crippen LogP contribution in [0, 0.1) is 0 Å². The zero-order chi connectivity index (χ0) is 31.7. The third-order valence-electron chi connectivity index (χ3n) is 4.37. The molecule has 0 aromatic rings. The Balaban J connectivity index is -0.000000251. The molecule has 5 N–H and O–H groups in total. The van der Waals surface area contributed by atoms with Crippen LogP contribution in [-0.2, 0) is 23.7 Å². The zero-order valence-corrected chi connectivity index (χ0v) is 27.3. The topological polar surface area (TPSA) is 144 Å². The highest BCUT2D eigenvalue weighted by atomic mass is 16.5. The lowest BCUT2D eigenvalue weighted by Crippen LogP contribution is -2.22. The van der Waals surface area contributed by atoms with E-state index in [9.17, 15) is 4.79 Å². The van der Waals surface area contributed by atoms with Crippen LogP contribution in [0.3, 0.4) is 0 Å². The van der Waals surface area contributed by atoms with E-state index in [1.807, 2.05) is 40.0 Å². The summed E-state index contributed by atoms with van der Waals surface area (Å²) in [5.74, 6) is 0.00728. The maximum Gasteiger partial charge on any atom is 0.216 e. The number of carbonyl (C=O) groups is 1. The maximum absolute atomic E-state index is 10.5. The fourth-order valence-corrected chi connectivity index (χ4v) is 2.41. The van der Waals surface area contributed by atoms with Crippen LogP contribution in [0.2, 0.25) is 0 Å². The van der Waals surface area contributed by atoms with Crippen LogP contribution in [0.25, 0.3) is 0 Å². The molecule has 0 spiro atoms. The Hall–Kier alpha value is -1.73. The molecule has 0 aliphatic heterocycles. The van der Waals surface area contributed by atoms with Gasteiger partial charge in [-0.05, 0) is 86.9 Å². The van der Waals surface area contributed by atoms with Crippen molar-refractivity contribution in [3.05, 3.63) is 13.2 Å². The van der Waals surface area contributed by atoms with E-state index in [4.69, 9.17) is 24.7 Å². The van der Waals surface area contributed by atoms with E-state index >= 15 is 0 Å². The van der Waals surface area contributed by atoms with Crippen molar-refractivity contribution in [2.24, 2.45) is 15.7 Å². The summed E-state index contributed by atoms with van der Waals surface area (Å²) in [5.41, 5.74) is 5.33. The first-order valence-corrected chi connectivity index (χ1v) is 14.7. The van der Waals surface area contributed by atoms with Gasteiger partial charge in [-0.1, -0.05) is 0 Å². The quantitative estimate of drug-likeness (QED) is 0.0712. The van der Waals surface area contributed by atoms with Crippen LogP contribution >= 0.6 is 0 Å². The normalized spacial score (nSPS) is 9.76. The van der Waals surface area contributed by atoms with Crippen LogP contribution in [0.15, 0.2) is 23.1 Å². The summed E-state index contributed by atoms with van der Waals surface area (Å²) in [5, 5.41) is 8.85. The zero-order valence-electron chi connectivity index (χ0n) is 27.3. The summed E-state index contributed by atoms with van der Waals surface area (Å²) < 4.78 is 21.4. The molecule has 12 heteroatoms. The van der Waals surface area contributed by atoms with Crippen molar-refractivity contribution in [1.82, 2.24) is 20.9 Å². The average Bonchev–Trinajstić information content (AvgIpc) is 2.96. The third kappa shape index (κ3) is 63.0. The van der Waals surface area contributed by atoms with Gasteiger partial charge < -0.3 is 40.6 Å². The number of rotatable bonds is 25. The molecule has 0 radical (unpaired) electrons. The monoisotopic (exact) mass is 592 g/mol. The van der Waals surface area contributed by atoms with E-state index in [1.54, 1.807) is 0 Å². The molecule has 0 aliphatic carbocycles. The van der Waals surface area contributed by atoms with Crippen LogP contribution in [0.1, 0.15) is 46.0 Å². The number of nitrogens with one attached hydrogen (secondary N) is 3. The molecule has 0 aromatic heterocycles. The molecule has 41 heavy (non-hydrogen) atoms. The lowest BCUT2D eigenvalue weighted by molar-refractivity contribution is -0.119. The lowest BCUT2D eigenvalue weighted by Gasteiger charge is -2.06. The highest BCUT2D eigenvalue weighted by molar-refractivity contribution is 5.72. The van der Waals surface area contributed by atoms with E-state index in [2.05, 4.69) is 45.1 Å². The van der Waals surface area contributed by atoms with Gasteiger partial charge in [-0.2, -0.15) is 0 Å². The van der Waals surface area contributed by atoms with Gasteiger partial charge in [-0.25, -0.2) is 9.98 Å². The molecular formula is C29H65N7O5. The van der Waals surface area contributed by atoms with Crippen LogP contribution in [0.4, 0.5) is 0 Å². The van der Waals surface area contributed by atoms with Gasteiger partial charge in [0.25, 0.3) is 0 Å². The highest BCUT2D eigenvalue weighted by Crippen LogP contribution is 1.88. The first kappa shape index (κ1) is 46.2. The summed E-state index contributed by atoms with van der Waals surface area (Å²) in [6.45, 7) is 20.2. The molecule has 0 aliphatic rings. The molecule has 0 saturated heterocycles. The molecule has 0 aromatic carbocycles. The number of amides is 1. The standard InChI is InChI=1S/C11H24N2O3.C10H24N2O2.C6H13N3.C2H4/c1-11(14)13-6-4-8-16-10-9-15-7-3-5-12-2;1-12-6-3-8-14-10-4-9-13-7-2-5-11;1-4-7-5-8-6-9(2)3;1-2/h12H,3-10H2,1-2H3,(H,13,14);12H,2-11H2,1H3;4,6H2,1-3H3;1-2H2. The SMILES string of the molecule is C=C.CCN=C=NCN(C)C.CNCCCOCCCOCCCN.CNCCCOCCOCCCNC(C)=O. The Morgan fingerprint density at radius 2 is 1.20 bits per heavy atom. The fraction of sp³-hybridized carbons (Fsp3) is 0.862. The Labute approximate surface area is 251 Å². The van der Waals surface area contributed by atoms with E-state index < -0.39 is 0 Å². The predicted octanol–water partition coefficient (Wildman–Crippen LogP) is 2.02. The average molecular weight is 592 g/mol. The second-order valence-electron chi connectivity index (χ2n) is 8.65. The summed E-state index contributed by atoms with van der Waals surface area (Å²) >= 11 is 0. The number of aliphatic imine (C=N–C) groups is 2. The smallest absolute Gasteiger partial charge is 0.216 e. The van der Waals surface area contributed by atoms with Crippen molar-refractivity contribution in [3.63, 3.8) is 0 Å². The number of hydrogen-bond acceptors (Lipinski definition) is 11. The minimum Gasteiger partial charge on any atom is -0.381 e. The second-order valence-corrected chi connectivity index (χ2v) is 8.65. The first-order chi connectivity index (χ1) is 20.0. The molecule has 246 valence electrons. The molecular weight excluding hydrogens is 526 g/mol. The Morgan fingerprint density at radius 3 is 1.61 bits per heavy atom. The number of ether oxygens (including phenoxy) is 4. The molecule has 0 rings (SSSR count). The van der Waals surface area contributed by atoms with Crippen molar-refractivity contribution in [2.45, 2.75) is 46.0 Å². The molecule has 0 fully saturated rings. The number of nitrogens with zero attached hydrogens (tertiary/aromatic N) is 3. The van der Waals surface area contributed by atoms with E-state index in [-0.39, 0.29) is 5.91 Å². The third-order valence-corrected chi connectivity index (χ3v) is 4.37. The maximum atomic E-state index is 10.5. The molecule has 0 atom stereocenters. The fourth-order valence-electron chi connectivity index (χ4n) is 2.41. The van der Waals surface area contributed by atoms with Gasteiger partial charge in [0.1, 0.15) is 6.67 Å². The van der Waals surface area contributed by atoms with Gasteiger partial charge in [0.15, 0.2) is 0 Å².